The van der Waals surface area contributed by atoms with Gasteiger partial charge in [-0.05, 0) is 38.8 Å². The number of hydrogen-bond donors (Lipinski definition) is 1. The lowest BCUT2D eigenvalue weighted by atomic mass is 10.2. The highest BCUT2D eigenvalue weighted by Crippen LogP contribution is 2.23. The SMILES string of the molecule is CC(C)(C)OC(=O)NCCC=Cc1cc([N+](=O)[O-])ccc1Cl. The van der Waals surface area contributed by atoms with Crippen LogP contribution in [0.3, 0.4) is 0 Å². The van der Waals surface area contributed by atoms with Gasteiger partial charge in [-0.15, -0.1) is 0 Å². The fourth-order valence-electron chi connectivity index (χ4n) is 1.55. The standard InChI is InChI=1S/C15H19ClN2O4/c1-15(2,3)22-14(19)17-9-5-4-6-11-10-12(18(20)21)7-8-13(11)16/h4,6-8,10H,5,9H2,1-3H3,(H,17,19). The molecule has 0 aromatic heterocycles. The summed E-state index contributed by atoms with van der Waals surface area (Å²) in [6.45, 7) is 5.77. The van der Waals surface area contributed by atoms with Crippen molar-refractivity contribution in [1.82, 2.24) is 5.32 Å². The van der Waals surface area contributed by atoms with E-state index in [1.807, 2.05) is 0 Å². The highest BCUT2D eigenvalue weighted by atomic mass is 35.5. The molecule has 120 valence electrons. The van der Waals surface area contributed by atoms with E-state index in [0.29, 0.717) is 23.6 Å². The summed E-state index contributed by atoms with van der Waals surface area (Å²) in [6.07, 6.45) is 3.54. The number of nitro groups is 1. The number of carbonyl (C=O) groups excluding carboxylic acids is 1. The Kier molecular flexibility index (Phi) is 6.37. The minimum Gasteiger partial charge on any atom is -0.444 e. The number of ether oxygens (including phenoxy) is 1. The molecule has 0 heterocycles. The van der Waals surface area contributed by atoms with Crippen LogP contribution in [0.15, 0.2) is 24.3 Å². The smallest absolute Gasteiger partial charge is 0.407 e. The zero-order valence-corrected chi connectivity index (χ0v) is 13.5. The zero-order valence-electron chi connectivity index (χ0n) is 12.8. The summed E-state index contributed by atoms with van der Waals surface area (Å²) in [7, 11) is 0. The molecular formula is C15H19ClN2O4. The van der Waals surface area contributed by atoms with Crippen LogP contribution in [0.25, 0.3) is 6.08 Å². The number of non-ortho nitro benzene ring substituents is 1. The molecule has 0 spiro atoms. The predicted octanol–water partition coefficient (Wildman–Crippen LogP) is 4.18. The minimum absolute atomic E-state index is 0.0177. The molecule has 0 fully saturated rings. The molecule has 1 rings (SSSR count). The maximum Gasteiger partial charge on any atom is 0.407 e. The van der Waals surface area contributed by atoms with E-state index in [2.05, 4.69) is 5.32 Å². The zero-order chi connectivity index (χ0) is 16.8. The molecule has 0 saturated heterocycles. The summed E-state index contributed by atoms with van der Waals surface area (Å²) in [5, 5.41) is 13.8. The molecule has 7 heteroatoms. The van der Waals surface area contributed by atoms with E-state index in [9.17, 15) is 14.9 Å². The first-order valence-electron chi connectivity index (χ1n) is 6.76. The van der Waals surface area contributed by atoms with Crippen molar-refractivity contribution < 1.29 is 14.5 Å². The second-order valence-corrected chi connectivity index (χ2v) is 5.99. The number of rotatable bonds is 5. The summed E-state index contributed by atoms with van der Waals surface area (Å²) in [6, 6.07) is 4.24. The molecule has 6 nitrogen and oxygen atoms in total. The number of nitro benzene ring substituents is 1. The van der Waals surface area contributed by atoms with Crippen LogP contribution < -0.4 is 5.32 Å². The number of halogens is 1. The Morgan fingerprint density at radius 3 is 2.73 bits per heavy atom. The predicted molar refractivity (Wildman–Crippen MR) is 86.0 cm³/mol. The quantitative estimate of drug-likeness (QED) is 0.500. The van der Waals surface area contributed by atoms with Crippen molar-refractivity contribution >= 4 is 29.5 Å². The van der Waals surface area contributed by atoms with Crippen LogP contribution in [0.5, 0.6) is 0 Å². The number of nitrogens with zero attached hydrogens (tertiary/aromatic N) is 1. The molecule has 0 aliphatic heterocycles. The van der Waals surface area contributed by atoms with Gasteiger partial charge in [0.2, 0.25) is 0 Å². The molecule has 0 radical (unpaired) electrons. The third-order valence-corrected chi connectivity index (χ3v) is 2.81. The molecule has 1 amide bonds. The fraction of sp³-hybridized carbons (Fsp3) is 0.400. The third-order valence-electron chi connectivity index (χ3n) is 2.47. The number of alkyl carbamates (subject to hydrolysis) is 1. The number of benzene rings is 1. The van der Waals surface area contributed by atoms with E-state index in [1.165, 1.54) is 18.2 Å². The maximum atomic E-state index is 11.4. The molecule has 22 heavy (non-hydrogen) atoms. The molecule has 1 aromatic carbocycles. The van der Waals surface area contributed by atoms with E-state index in [0.717, 1.165) is 0 Å². The van der Waals surface area contributed by atoms with Gasteiger partial charge in [0.1, 0.15) is 5.60 Å². The van der Waals surface area contributed by atoms with E-state index >= 15 is 0 Å². The van der Waals surface area contributed by atoms with Gasteiger partial charge in [0, 0.05) is 23.7 Å². The highest BCUT2D eigenvalue weighted by molar-refractivity contribution is 6.32. The number of hydrogen-bond acceptors (Lipinski definition) is 4. The molecule has 1 N–H and O–H groups in total. The molecule has 0 atom stereocenters. The summed E-state index contributed by atoms with van der Waals surface area (Å²) >= 11 is 5.97. The van der Waals surface area contributed by atoms with Crippen LogP contribution in [0.4, 0.5) is 10.5 Å². The number of amides is 1. The summed E-state index contributed by atoms with van der Waals surface area (Å²) in [4.78, 5) is 21.6. The number of nitrogens with one attached hydrogen (secondary N) is 1. The van der Waals surface area contributed by atoms with Crippen molar-refractivity contribution in [2.24, 2.45) is 0 Å². The third kappa shape index (κ3) is 6.58. The van der Waals surface area contributed by atoms with Gasteiger partial charge in [0.15, 0.2) is 0 Å². The summed E-state index contributed by atoms with van der Waals surface area (Å²) < 4.78 is 5.09. The van der Waals surface area contributed by atoms with Crippen LogP contribution in [-0.4, -0.2) is 23.2 Å². The monoisotopic (exact) mass is 326 g/mol. The number of carbonyl (C=O) groups is 1. The lowest BCUT2D eigenvalue weighted by Gasteiger charge is -2.19. The van der Waals surface area contributed by atoms with E-state index in [1.54, 1.807) is 32.9 Å². The van der Waals surface area contributed by atoms with Gasteiger partial charge < -0.3 is 10.1 Å². The lowest BCUT2D eigenvalue weighted by molar-refractivity contribution is -0.384. The Morgan fingerprint density at radius 1 is 1.45 bits per heavy atom. The minimum atomic E-state index is -0.531. The van der Waals surface area contributed by atoms with Crippen molar-refractivity contribution in [1.29, 1.82) is 0 Å². The topological polar surface area (TPSA) is 81.5 Å². The summed E-state index contributed by atoms with van der Waals surface area (Å²) in [5.41, 5.74) is 0.0141. The molecule has 0 unspecified atom stereocenters. The summed E-state index contributed by atoms with van der Waals surface area (Å²) in [5.74, 6) is 0. The first-order chi connectivity index (χ1) is 10.2. The van der Waals surface area contributed by atoms with Gasteiger partial charge in [-0.25, -0.2) is 4.79 Å². The average Bonchev–Trinajstić information content (AvgIpc) is 2.37. The average molecular weight is 327 g/mol. The Hall–Kier alpha value is -2.08. The van der Waals surface area contributed by atoms with Gasteiger partial charge in [0.05, 0.1) is 4.92 Å². The Balaban J connectivity index is 2.48. The van der Waals surface area contributed by atoms with Crippen LogP contribution in [0, 0.1) is 10.1 Å². The largest absolute Gasteiger partial charge is 0.444 e. The normalized spacial score (nSPS) is 11.5. The van der Waals surface area contributed by atoms with E-state index in [-0.39, 0.29) is 5.69 Å². The Morgan fingerprint density at radius 2 is 2.14 bits per heavy atom. The van der Waals surface area contributed by atoms with Crippen molar-refractivity contribution in [3.05, 3.63) is 45.0 Å². The highest BCUT2D eigenvalue weighted by Gasteiger charge is 2.15. The molecular weight excluding hydrogens is 308 g/mol. The maximum absolute atomic E-state index is 11.4. The second kappa shape index (κ2) is 7.79. The van der Waals surface area contributed by atoms with E-state index < -0.39 is 16.6 Å². The van der Waals surface area contributed by atoms with E-state index in [4.69, 9.17) is 16.3 Å². The van der Waals surface area contributed by atoms with Crippen LogP contribution >= 0.6 is 11.6 Å². The molecule has 0 aliphatic rings. The van der Waals surface area contributed by atoms with Gasteiger partial charge in [-0.3, -0.25) is 10.1 Å². The van der Waals surface area contributed by atoms with Gasteiger partial charge in [-0.2, -0.15) is 0 Å². The van der Waals surface area contributed by atoms with Crippen molar-refractivity contribution in [2.75, 3.05) is 6.54 Å². The van der Waals surface area contributed by atoms with Crippen LogP contribution in [0.1, 0.15) is 32.8 Å². The van der Waals surface area contributed by atoms with Crippen molar-refractivity contribution in [3.8, 4) is 0 Å². The molecule has 0 bridgehead atoms. The lowest BCUT2D eigenvalue weighted by Crippen LogP contribution is -2.32. The Bertz CT molecular complexity index is 579. The fourth-order valence-corrected chi connectivity index (χ4v) is 1.74. The first-order valence-corrected chi connectivity index (χ1v) is 7.14. The van der Waals surface area contributed by atoms with Gasteiger partial charge in [-0.1, -0.05) is 23.8 Å². The molecule has 1 aromatic rings. The Labute approximate surface area is 134 Å². The van der Waals surface area contributed by atoms with Gasteiger partial charge in [0.25, 0.3) is 5.69 Å². The van der Waals surface area contributed by atoms with Crippen LogP contribution in [0.2, 0.25) is 5.02 Å². The van der Waals surface area contributed by atoms with Gasteiger partial charge >= 0.3 is 6.09 Å². The second-order valence-electron chi connectivity index (χ2n) is 5.58. The molecule has 0 saturated carbocycles. The first kappa shape index (κ1) is 18.0. The molecule has 0 aliphatic carbocycles. The van der Waals surface area contributed by atoms with Crippen LogP contribution in [-0.2, 0) is 4.74 Å². The van der Waals surface area contributed by atoms with Crippen molar-refractivity contribution in [2.45, 2.75) is 32.8 Å². The van der Waals surface area contributed by atoms with Crippen molar-refractivity contribution in [3.63, 3.8) is 0 Å².